The quantitative estimate of drug-likeness (QED) is 0.883. The van der Waals surface area contributed by atoms with Crippen LogP contribution in [-0.4, -0.2) is 45.2 Å². The van der Waals surface area contributed by atoms with Gasteiger partial charge in [-0.2, -0.15) is 8.42 Å². The second-order valence-corrected chi connectivity index (χ2v) is 5.58. The Balaban J connectivity index is 2.44. The molecule has 0 saturated carbocycles. The number of halogens is 2. The van der Waals surface area contributed by atoms with Crippen LogP contribution in [0.2, 0.25) is 0 Å². The van der Waals surface area contributed by atoms with Gasteiger partial charge in [0.25, 0.3) is 16.4 Å². The Kier molecular flexibility index (Phi) is 3.81. The van der Waals surface area contributed by atoms with Gasteiger partial charge in [0, 0.05) is 18.7 Å². The van der Waals surface area contributed by atoms with Crippen molar-refractivity contribution in [1.82, 2.24) is 4.90 Å². The lowest BCUT2D eigenvalue weighted by atomic mass is 10.2. The van der Waals surface area contributed by atoms with Crippen LogP contribution in [0.4, 0.5) is 8.78 Å². The summed E-state index contributed by atoms with van der Waals surface area (Å²) in [6.07, 6.45) is -2.59. The lowest BCUT2D eigenvalue weighted by Crippen LogP contribution is -2.38. The molecule has 2 rings (SSSR count). The molecule has 2 N–H and O–H groups in total. The number of benzene rings is 1. The van der Waals surface area contributed by atoms with Gasteiger partial charge in [0.1, 0.15) is 4.90 Å². The summed E-state index contributed by atoms with van der Waals surface area (Å²) in [5, 5.41) is 0. The third-order valence-electron chi connectivity index (χ3n) is 2.67. The monoisotopic (exact) mass is 289 g/mol. The SMILES string of the molecule is NCCN(CC(F)F)C1=NS(=O)(=O)c2ccccc21. The number of fused-ring (bicyclic) bond motifs is 1. The van der Waals surface area contributed by atoms with Gasteiger partial charge < -0.3 is 10.6 Å². The number of alkyl halides is 2. The van der Waals surface area contributed by atoms with Gasteiger partial charge in [-0.3, -0.25) is 0 Å². The number of hydrogen-bond donors (Lipinski definition) is 1. The van der Waals surface area contributed by atoms with Crippen molar-refractivity contribution in [2.24, 2.45) is 10.1 Å². The van der Waals surface area contributed by atoms with Crippen LogP contribution >= 0.6 is 0 Å². The molecule has 1 aromatic rings. The van der Waals surface area contributed by atoms with Gasteiger partial charge in [0.05, 0.1) is 6.54 Å². The van der Waals surface area contributed by atoms with Crippen LogP contribution in [0.15, 0.2) is 33.6 Å². The van der Waals surface area contributed by atoms with Crippen molar-refractivity contribution in [3.8, 4) is 0 Å². The maximum Gasteiger partial charge on any atom is 0.285 e. The molecule has 0 atom stereocenters. The molecule has 0 amide bonds. The zero-order chi connectivity index (χ0) is 14.0. The molecule has 1 heterocycles. The molecule has 5 nitrogen and oxygen atoms in total. The number of rotatable bonds is 4. The van der Waals surface area contributed by atoms with Crippen molar-refractivity contribution in [3.05, 3.63) is 29.8 Å². The van der Waals surface area contributed by atoms with Gasteiger partial charge in [-0.05, 0) is 12.1 Å². The Hall–Kier alpha value is -1.54. The molecule has 0 saturated heterocycles. The Labute approximate surface area is 109 Å². The van der Waals surface area contributed by atoms with E-state index in [1.807, 2.05) is 0 Å². The fourth-order valence-electron chi connectivity index (χ4n) is 1.92. The summed E-state index contributed by atoms with van der Waals surface area (Å²) < 4.78 is 52.3. The largest absolute Gasteiger partial charge is 0.348 e. The van der Waals surface area contributed by atoms with E-state index in [-0.39, 0.29) is 23.8 Å². The van der Waals surface area contributed by atoms with E-state index in [0.717, 1.165) is 0 Å². The van der Waals surface area contributed by atoms with E-state index in [2.05, 4.69) is 4.40 Å². The minimum absolute atomic E-state index is 0.0429. The van der Waals surface area contributed by atoms with E-state index in [1.54, 1.807) is 18.2 Å². The minimum Gasteiger partial charge on any atom is -0.348 e. The van der Waals surface area contributed by atoms with Crippen molar-refractivity contribution >= 4 is 15.9 Å². The Morgan fingerprint density at radius 2 is 2.00 bits per heavy atom. The maximum absolute atomic E-state index is 12.5. The van der Waals surface area contributed by atoms with Gasteiger partial charge in [0.15, 0.2) is 5.84 Å². The molecule has 1 aliphatic rings. The summed E-state index contributed by atoms with van der Waals surface area (Å²) in [6.45, 7) is -0.346. The van der Waals surface area contributed by atoms with E-state index in [0.29, 0.717) is 5.56 Å². The summed E-state index contributed by atoms with van der Waals surface area (Å²) in [4.78, 5) is 1.25. The van der Waals surface area contributed by atoms with Crippen LogP contribution in [0.3, 0.4) is 0 Å². The number of amidine groups is 1. The third kappa shape index (κ3) is 2.74. The first kappa shape index (κ1) is 13.9. The van der Waals surface area contributed by atoms with Crippen LogP contribution in [0.1, 0.15) is 5.56 Å². The second-order valence-electron chi connectivity index (χ2n) is 4.01. The van der Waals surface area contributed by atoms with E-state index in [9.17, 15) is 17.2 Å². The molecule has 0 aliphatic carbocycles. The van der Waals surface area contributed by atoms with Gasteiger partial charge in [-0.15, -0.1) is 4.40 Å². The van der Waals surface area contributed by atoms with Crippen molar-refractivity contribution in [2.75, 3.05) is 19.6 Å². The first-order valence-corrected chi connectivity index (χ1v) is 7.07. The van der Waals surface area contributed by atoms with Crippen molar-refractivity contribution < 1.29 is 17.2 Å². The lowest BCUT2D eigenvalue weighted by molar-refractivity contribution is 0.117. The number of sulfonamides is 1. The van der Waals surface area contributed by atoms with Gasteiger partial charge in [0.2, 0.25) is 0 Å². The second kappa shape index (κ2) is 5.22. The van der Waals surface area contributed by atoms with Crippen LogP contribution in [-0.2, 0) is 10.0 Å². The van der Waals surface area contributed by atoms with Crippen LogP contribution in [0, 0.1) is 0 Å². The summed E-state index contributed by atoms with van der Waals surface area (Å²) >= 11 is 0. The highest BCUT2D eigenvalue weighted by molar-refractivity contribution is 7.90. The highest BCUT2D eigenvalue weighted by Crippen LogP contribution is 2.27. The van der Waals surface area contributed by atoms with Crippen molar-refractivity contribution in [1.29, 1.82) is 0 Å². The molecule has 1 aliphatic heterocycles. The summed E-state index contributed by atoms with van der Waals surface area (Å²) in [5.74, 6) is 0.0429. The van der Waals surface area contributed by atoms with E-state index >= 15 is 0 Å². The predicted octanol–water partition coefficient (Wildman–Crippen LogP) is 0.661. The molecular weight excluding hydrogens is 276 g/mol. The molecule has 8 heteroatoms. The van der Waals surface area contributed by atoms with E-state index in [1.165, 1.54) is 11.0 Å². The zero-order valence-corrected chi connectivity index (χ0v) is 10.8. The molecule has 0 spiro atoms. The highest BCUT2D eigenvalue weighted by atomic mass is 32.2. The molecular formula is C11H13F2N3O2S. The van der Waals surface area contributed by atoms with Crippen LogP contribution in [0.25, 0.3) is 0 Å². The Morgan fingerprint density at radius 3 is 2.63 bits per heavy atom. The molecule has 0 fully saturated rings. The molecule has 104 valence electrons. The predicted molar refractivity (Wildman–Crippen MR) is 66.8 cm³/mol. The minimum atomic E-state index is -3.79. The molecule has 1 aromatic carbocycles. The average molecular weight is 289 g/mol. The van der Waals surface area contributed by atoms with E-state index < -0.39 is 23.0 Å². The molecule has 0 radical (unpaired) electrons. The fourth-order valence-corrected chi connectivity index (χ4v) is 3.15. The smallest absolute Gasteiger partial charge is 0.285 e. The van der Waals surface area contributed by atoms with Gasteiger partial charge >= 0.3 is 0 Å². The van der Waals surface area contributed by atoms with Gasteiger partial charge in [-0.1, -0.05) is 12.1 Å². The molecule has 19 heavy (non-hydrogen) atoms. The average Bonchev–Trinajstić information content (AvgIpc) is 2.61. The van der Waals surface area contributed by atoms with Crippen molar-refractivity contribution in [2.45, 2.75) is 11.3 Å². The third-order valence-corrected chi connectivity index (χ3v) is 3.99. The first-order chi connectivity index (χ1) is 8.95. The molecule has 0 bridgehead atoms. The van der Waals surface area contributed by atoms with Crippen LogP contribution < -0.4 is 5.73 Å². The lowest BCUT2D eigenvalue weighted by Gasteiger charge is -2.23. The fraction of sp³-hybridized carbons (Fsp3) is 0.364. The first-order valence-electron chi connectivity index (χ1n) is 5.63. The molecule has 0 unspecified atom stereocenters. The number of hydrogen-bond acceptors (Lipinski definition) is 4. The van der Waals surface area contributed by atoms with Crippen molar-refractivity contribution in [3.63, 3.8) is 0 Å². The summed E-state index contributed by atoms with van der Waals surface area (Å²) in [5.41, 5.74) is 5.71. The zero-order valence-electron chi connectivity index (χ0n) is 9.96. The highest BCUT2D eigenvalue weighted by Gasteiger charge is 2.32. The summed E-state index contributed by atoms with van der Waals surface area (Å²) in [6, 6.07) is 6.16. The standard InChI is InChI=1S/C11H13F2N3O2S/c12-10(13)7-16(6-5-14)11-8-3-1-2-4-9(8)19(17,18)15-11/h1-4,10H,5-7,14H2. The topological polar surface area (TPSA) is 75.8 Å². The Bertz CT molecular complexity index is 602. The van der Waals surface area contributed by atoms with E-state index in [4.69, 9.17) is 5.73 Å². The van der Waals surface area contributed by atoms with Crippen LogP contribution in [0.5, 0.6) is 0 Å². The molecule has 0 aromatic heterocycles. The maximum atomic E-state index is 12.5. The summed E-state index contributed by atoms with van der Waals surface area (Å²) in [7, 11) is -3.79. The number of nitrogens with two attached hydrogens (primary N) is 1. The normalized spacial score (nSPS) is 16.3. The number of nitrogens with zero attached hydrogens (tertiary/aromatic N) is 2. The Morgan fingerprint density at radius 1 is 1.32 bits per heavy atom. The van der Waals surface area contributed by atoms with Gasteiger partial charge in [-0.25, -0.2) is 8.78 Å².